The van der Waals surface area contributed by atoms with E-state index in [-0.39, 0.29) is 11.9 Å². The fraction of sp³-hybridized carbons (Fsp3) is 0.643. The van der Waals surface area contributed by atoms with Crippen molar-refractivity contribution < 1.29 is 4.79 Å². The summed E-state index contributed by atoms with van der Waals surface area (Å²) in [5.41, 5.74) is 0.840. The predicted molar refractivity (Wildman–Crippen MR) is 74.4 cm³/mol. The summed E-state index contributed by atoms with van der Waals surface area (Å²) in [6.45, 7) is 3.97. The highest BCUT2D eigenvalue weighted by Crippen LogP contribution is 2.39. The van der Waals surface area contributed by atoms with Crippen molar-refractivity contribution in [3.63, 3.8) is 0 Å². The minimum atomic E-state index is -0.0721. The van der Waals surface area contributed by atoms with E-state index in [4.69, 9.17) is 0 Å². The van der Waals surface area contributed by atoms with Gasteiger partial charge >= 0.3 is 0 Å². The van der Waals surface area contributed by atoms with Crippen molar-refractivity contribution in [1.82, 2.24) is 9.97 Å². The number of aromatic nitrogens is 2. The number of aryl methyl sites for hydroxylation is 1. The molecule has 1 fully saturated rings. The normalized spacial score (nSPS) is 23.3. The fourth-order valence-electron chi connectivity index (χ4n) is 2.95. The molecule has 2 aliphatic rings. The molecular weight excluding hydrogens is 240 g/mol. The van der Waals surface area contributed by atoms with E-state index in [1.54, 1.807) is 11.1 Å². The molecule has 102 valence electrons. The maximum atomic E-state index is 12.5. The van der Waals surface area contributed by atoms with E-state index < -0.39 is 0 Å². The molecule has 1 saturated carbocycles. The van der Waals surface area contributed by atoms with Crippen LogP contribution in [0.3, 0.4) is 0 Å². The molecular formula is C14H20N4O. The maximum absolute atomic E-state index is 12.5. The number of carbonyl (C=O) groups is 1. The monoisotopic (exact) mass is 260 g/mol. The van der Waals surface area contributed by atoms with Gasteiger partial charge in [-0.2, -0.15) is 0 Å². The van der Waals surface area contributed by atoms with E-state index >= 15 is 0 Å². The Morgan fingerprint density at radius 2 is 2.16 bits per heavy atom. The van der Waals surface area contributed by atoms with Gasteiger partial charge in [-0.05, 0) is 32.6 Å². The van der Waals surface area contributed by atoms with Crippen LogP contribution in [0.5, 0.6) is 0 Å². The molecule has 1 aromatic rings. The lowest BCUT2D eigenvalue weighted by atomic mass is 9.88. The van der Waals surface area contributed by atoms with E-state index in [1.165, 1.54) is 6.42 Å². The first-order valence-electron chi connectivity index (χ1n) is 7.03. The number of hydrogen-bond donors (Lipinski definition) is 0. The summed E-state index contributed by atoms with van der Waals surface area (Å²) in [6.07, 6.45) is 6.17. The van der Waals surface area contributed by atoms with Crippen LogP contribution >= 0.6 is 0 Å². The Labute approximate surface area is 113 Å². The van der Waals surface area contributed by atoms with E-state index in [0.717, 1.165) is 36.6 Å². The molecule has 5 heteroatoms. The largest absolute Gasteiger partial charge is 0.340 e. The minimum absolute atomic E-state index is 0.0721. The molecule has 0 aromatic carbocycles. The molecule has 1 aliphatic heterocycles. The van der Waals surface area contributed by atoms with Crippen LogP contribution in [-0.4, -0.2) is 35.0 Å². The van der Waals surface area contributed by atoms with E-state index in [1.807, 2.05) is 14.0 Å². The predicted octanol–water partition coefficient (Wildman–Crippen LogP) is 1.90. The van der Waals surface area contributed by atoms with Gasteiger partial charge in [0.05, 0.1) is 6.20 Å². The lowest BCUT2D eigenvalue weighted by molar-refractivity contribution is -0.120. The summed E-state index contributed by atoms with van der Waals surface area (Å²) in [4.78, 5) is 25.3. The van der Waals surface area contributed by atoms with E-state index in [9.17, 15) is 4.79 Å². The number of hydrogen-bond acceptors (Lipinski definition) is 4. The van der Waals surface area contributed by atoms with Crippen LogP contribution in [0.2, 0.25) is 0 Å². The Morgan fingerprint density at radius 3 is 2.74 bits per heavy atom. The van der Waals surface area contributed by atoms with Crippen LogP contribution in [-0.2, 0) is 4.79 Å². The summed E-state index contributed by atoms with van der Waals surface area (Å²) >= 11 is 0. The van der Waals surface area contributed by atoms with Gasteiger partial charge in [0, 0.05) is 13.1 Å². The summed E-state index contributed by atoms with van der Waals surface area (Å²) in [5.74, 6) is 1.86. The van der Waals surface area contributed by atoms with Gasteiger partial charge in [-0.15, -0.1) is 0 Å². The summed E-state index contributed by atoms with van der Waals surface area (Å²) in [6, 6.07) is 0.396. The van der Waals surface area contributed by atoms with Crippen LogP contribution in [0, 0.1) is 6.92 Å². The highest BCUT2D eigenvalue weighted by molar-refractivity contribution is 6.04. The maximum Gasteiger partial charge on any atom is 0.249 e. The molecule has 0 spiro atoms. The Hall–Kier alpha value is -1.65. The van der Waals surface area contributed by atoms with Gasteiger partial charge in [-0.3, -0.25) is 4.79 Å². The number of amides is 1. The smallest absolute Gasteiger partial charge is 0.249 e. The zero-order chi connectivity index (χ0) is 13.6. The van der Waals surface area contributed by atoms with Crippen LogP contribution in [0.25, 0.3) is 0 Å². The van der Waals surface area contributed by atoms with E-state index in [0.29, 0.717) is 6.04 Å². The van der Waals surface area contributed by atoms with Gasteiger partial charge in [0.15, 0.2) is 5.82 Å². The van der Waals surface area contributed by atoms with Crippen LogP contribution in [0.15, 0.2) is 6.20 Å². The lowest BCUT2D eigenvalue weighted by Crippen LogP contribution is -2.57. The Bertz CT molecular complexity index is 512. The third kappa shape index (κ3) is 1.79. The second-order valence-corrected chi connectivity index (χ2v) is 5.44. The molecule has 3 rings (SSSR count). The van der Waals surface area contributed by atoms with E-state index in [2.05, 4.69) is 21.8 Å². The molecule has 0 radical (unpaired) electrons. The zero-order valence-corrected chi connectivity index (χ0v) is 11.8. The third-order valence-electron chi connectivity index (χ3n) is 4.28. The van der Waals surface area contributed by atoms with Gasteiger partial charge in [0.2, 0.25) is 5.91 Å². The van der Waals surface area contributed by atoms with Crippen LogP contribution in [0.4, 0.5) is 11.5 Å². The second kappa shape index (κ2) is 4.47. The summed E-state index contributed by atoms with van der Waals surface area (Å²) in [7, 11) is 1.82. The molecule has 0 N–H and O–H groups in total. The van der Waals surface area contributed by atoms with Crippen molar-refractivity contribution in [2.75, 3.05) is 16.8 Å². The number of nitrogens with zero attached hydrogens (tertiary/aromatic N) is 4. The number of rotatable bonds is 2. The Balaban J connectivity index is 2.11. The number of carbonyl (C=O) groups excluding carboxylic acids is 1. The quantitative estimate of drug-likeness (QED) is 0.815. The van der Waals surface area contributed by atoms with Crippen molar-refractivity contribution in [1.29, 1.82) is 0 Å². The first kappa shape index (κ1) is 12.4. The average molecular weight is 260 g/mol. The first-order chi connectivity index (χ1) is 9.13. The molecule has 1 aromatic heterocycles. The van der Waals surface area contributed by atoms with Gasteiger partial charge in [-0.25, -0.2) is 9.97 Å². The Morgan fingerprint density at radius 1 is 1.42 bits per heavy atom. The van der Waals surface area contributed by atoms with Crippen LogP contribution < -0.4 is 9.80 Å². The van der Waals surface area contributed by atoms with Gasteiger partial charge < -0.3 is 9.80 Å². The first-order valence-corrected chi connectivity index (χ1v) is 7.03. The average Bonchev–Trinajstić information content (AvgIpc) is 2.34. The standard InChI is InChI=1S/C14H20N4O/c1-4-11-14(19)17(3)12-8-15-9(2)16-13(12)18(11)10-6-5-7-10/h8,10-11H,4-7H2,1-3H3/t11-/m1/s1. The topological polar surface area (TPSA) is 49.3 Å². The van der Waals surface area contributed by atoms with Crippen molar-refractivity contribution in [2.24, 2.45) is 0 Å². The highest BCUT2D eigenvalue weighted by atomic mass is 16.2. The molecule has 0 saturated heterocycles. The van der Waals surface area contributed by atoms with Crippen LogP contribution in [0.1, 0.15) is 38.4 Å². The van der Waals surface area contributed by atoms with Crippen molar-refractivity contribution in [3.05, 3.63) is 12.0 Å². The molecule has 0 bridgehead atoms. The molecule has 1 aliphatic carbocycles. The van der Waals surface area contributed by atoms with Gasteiger partial charge in [0.25, 0.3) is 0 Å². The molecule has 1 amide bonds. The Kier molecular flexibility index (Phi) is 2.92. The summed E-state index contributed by atoms with van der Waals surface area (Å²) in [5, 5.41) is 0. The molecule has 2 heterocycles. The second-order valence-electron chi connectivity index (χ2n) is 5.44. The third-order valence-corrected chi connectivity index (χ3v) is 4.28. The van der Waals surface area contributed by atoms with Crippen molar-refractivity contribution >= 4 is 17.4 Å². The van der Waals surface area contributed by atoms with Crippen molar-refractivity contribution in [3.8, 4) is 0 Å². The zero-order valence-electron chi connectivity index (χ0n) is 11.8. The molecule has 19 heavy (non-hydrogen) atoms. The number of anilines is 2. The minimum Gasteiger partial charge on any atom is -0.340 e. The molecule has 5 nitrogen and oxygen atoms in total. The lowest BCUT2D eigenvalue weighted by Gasteiger charge is -2.47. The number of likely N-dealkylation sites (N-methyl/N-ethyl adjacent to an activating group) is 1. The van der Waals surface area contributed by atoms with Gasteiger partial charge in [-0.1, -0.05) is 6.92 Å². The highest BCUT2D eigenvalue weighted by Gasteiger charge is 2.41. The molecule has 0 unspecified atom stereocenters. The fourth-order valence-corrected chi connectivity index (χ4v) is 2.95. The van der Waals surface area contributed by atoms with Gasteiger partial charge in [0.1, 0.15) is 17.6 Å². The SMILES string of the molecule is CC[C@@H]1C(=O)N(C)c2cnc(C)nc2N1C1CCC1. The van der Waals surface area contributed by atoms with Crippen molar-refractivity contribution in [2.45, 2.75) is 51.6 Å². The molecule has 1 atom stereocenters. The summed E-state index contributed by atoms with van der Waals surface area (Å²) < 4.78 is 0. The number of fused-ring (bicyclic) bond motifs is 1.